The first-order valence-electron chi connectivity index (χ1n) is 9.26. The van der Waals surface area contributed by atoms with Gasteiger partial charge < -0.3 is 9.73 Å². The van der Waals surface area contributed by atoms with Crippen LogP contribution in [0.15, 0.2) is 65.3 Å². The van der Waals surface area contributed by atoms with Gasteiger partial charge in [-0.15, -0.1) is 0 Å². The van der Waals surface area contributed by atoms with Crippen LogP contribution in [0.1, 0.15) is 17.5 Å². The minimum Gasteiger partial charge on any atom is -0.444 e. The summed E-state index contributed by atoms with van der Waals surface area (Å²) in [6.45, 7) is 2.06. The number of pyridine rings is 1. The van der Waals surface area contributed by atoms with Gasteiger partial charge in [0.25, 0.3) is 0 Å². The largest absolute Gasteiger partial charge is 0.444 e. The number of aryl methyl sites for hydroxylation is 2. The number of rotatable bonds is 5. The summed E-state index contributed by atoms with van der Waals surface area (Å²) in [5, 5.41) is 3.74. The number of amides is 1. The van der Waals surface area contributed by atoms with Gasteiger partial charge in [0, 0.05) is 24.4 Å². The number of carbonyl (C=O) groups is 1. The number of oxazole rings is 1. The van der Waals surface area contributed by atoms with Gasteiger partial charge in [-0.25, -0.2) is 9.97 Å². The second kappa shape index (κ2) is 7.64. The first-order chi connectivity index (χ1) is 13.6. The highest BCUT2D eigenvalue weighted by Crippen LogP contribution is 2.27. The van der Waals surface area contributed by atoms with E-state index in [0.29, 0.717) is 24.4 Å². The molecule has 2 aromatic carbocycles. The molecule has 0 aliphatic carbocycles. The van der Waals surface area contributed by atoms with Gasteiger partial charge in [0.1, 0.15) is 12.0 Å². The van der Waals surface area contributed by atoms with E-state index in [1.54, 1.807) is 13.3 Å². The zero-order valence-electron chi connectivity index (χ0n) is 15.9. The molecule has 0 fully saturated rings. The standard InChI is InChI=1S/C23H21N3O2/c1-15-12-20(21-14-28-23(26-21)17-6-4-3-5-7-17)25-19-10-8-16(13-18(15)19)9-11-22(27)24-2/h3-8,10,12-14H,9,11H2,1-2H3,(H,24,27). The maximum absolute atomic E-state index is 11.5. The molecule has 0 aliphatic heterocycles. The van der Waals surface area contributed by atoms with Crippen LogP contribution in [0.2, 0.25) is 0 Å². The third-order valence-corrected chi connectivity index (χ3v) is 4.79. The minimum absolute atomic E-state index is 0.0468. The fraction of sp³-hybridized carbons (Fsp3) is 0.174. The Kier molecular flexibility index (Phi) is 4.89. The summed E-state index contributed by atoms with van der Waals surface area (Å²) in [7, 11) is 1.66. The Bertz CT molecular complexity index is 1130. The zero-order valence-corrected chi connectivity index (χ0v) is 15.9. The zero-order chi connectivity index (χ0) is 19.5. The van der Waals surface area contributed by atoms with Gasteiger partial charge >= 0.3 is 0 Å². The molecule has 1 N–H and O–H groups in total. The summed E-state index contributed by atoms with van der Waals surface area (Å²) in [6, 6.07) is 18.0. The van der Waals surface area contributed by atoms with Crippen molar-refractivity contribution in [2.45, 2.75) is 19.8 Å². The summed E-state index contributed by atoms with van der Waals surface area (Å²) in [4.78, 5) is 20.8. The number of fused-ring (bicyclic) bond motifs is 1. The monoisotopic (exact) mass is 371 g/mol. The average Bonchev–Trinajstić information content (AvgIpc) is 3.23. The number of benzene rings is 2. The van der Waals surface area contributed by atoms with E-state index in [2.05, 4.69) is 23.3 Å². The molecule has 140 valence electrons. The van der Waals surface area contributed by atoms with E-state index in [1.165, 1.54) is 0 Å². The van der Waals surface area contributed by atoms with Crippen LogP contribution in [0.3, 0.4) is 0 Å². The third kappa shape index (κ3) is 3.64. The van der Waals surface area contributed by atoms with Crippen molar-refractivity contribution in [2.75, 3.05) is 7.05 Å². The van der Waals surface area contributed by atoms with E-state index in [9.17, 15) is 4.79 Å². The molecule has 0 radical (unpaired) electrons. The number of nitrogens with one attached hydrogen (secondary N) is 1. The lowest BCUT2D eigenvalue weighted by atomic mass is 10.0. The van der Waals surface area contributed by atoms with Gasteiger partial charge in [-0.2, -0.15) is 0 Å². The molecule has 0 spiro atoms. The molecular formula is C23H21N3O2. The Hall–Kier alpha value is -3.47. The maximum atomic E-state index is 11.5. The molecular weight excluding hydrogens is 350 g/mol. The van der Waals surface area contributed by atoms with Crippen molar-refractivity contribution < 1.29 is 9.21 Å². The van der Waals surface area contributed by atoms with Crippen molar-refractivity contribution in [3.05, 3.63) is 72.0 Å². The number of nitrogens with zero attached hydrogens (tertiary/aromatic N) is 2. The molecule has 4 aromatic rings. The molecule has 2 aromatic heterocycles. The second-order valence-corrected chi connectivity index (χ2v) is 6.75. The molecule has 1 amide bonds. The summed E-state index contributed by atoms with van der Waals surface area (Å²) in [5.41, 5.74) is 5.59. The summed E-state index contributed by atoms with van der Waals surface area (Å²) >= 11 is 0. The topological polar surface area (TPSA) is 68.0 Å². The lowest BCUT2D eigenvalue weighted by Crippen LogP contribution is -2.17. The Morgan fingerprint density at radius 2 is 1.86 bits per heavy atom. The summed E-state index contributed by atoms with van der Waals surface area (Å²) < 4.78 is 5.65. The molecule has 0 saturated heterocycles. The fourth-order valence-corrected chi connectivity index (χ4v) is 3.22. The van der Waals surface area contributed by atoms with Crippen molar-refractivity contribution in [1.29, 1.82) is 0 Å². The quantitative estimate of drug-likeness (QED) is 0.559. The smallest absolute Gasteiger partial charge is 0.226 e. The first kappa shape index (κ1) is 17.9. The normalized spacial score (nSPS) is 10.9. The lowest BCUT2D eigenvalue weighted by Gasteiger charge is -2.07. The van der Waals surface area contributed by atoms with Crippen LogP contribution >= 0.6 is 0 Å². The Labute approximate surface area is 163 Å². The van der Waals surface area contributed by atoms with Crippen molar-refractivity contribution in [2.24, 2.45) is 0 Å². The molecule has 0 aliphatic rings. The third-order valence-electron chi connectivity index (χ3n) is 4.79. The van der Waals surface area contributed by atoms with E-state index in [-0.39, 0.29) is 5.91 Å². The highest BCUT2D eigenvalue weighted by molar-refractivity contribution is 5.85. The van der Waals surface area contributed by atoms with E-state index in [4.69, 9.17) is 9.40 Å². The molecule has 0 saturated carbocycles. The van der Waals surface area contributed by atoms with Gasteiger partial charge in [0.15, 0.2) is 0 Å². The van der Waals surface area contributed by atoms with E-state index in [0.717, 1.165) is 33.3 Å². The van der Waals surface area contributed by atoms with Crippen LogP contribution in [0.5, 0.6) is 0 Å². The highest BCUT2D eigenvalue weighted by atomic mass is 16.3. The molecule has 4 rings (SSSR count). The van der Waals surface area contributed by atoms with Gasteiger partial charge in [0.05, 0.1) is 11.2 Å². The molecule has 0 atom stereocenters. The van der Waals surface area contributed by atoms with Crippen LogP contribution < -0.4 is 5.32 Å². The molecule has 28 heavy (non-hydrogen) atoms. The van der Waals surface area contributed by atoms with E-state index < -0.39 is 0 Å². The van der Waals surface area contributed by atoms with E-state index in [1.807, 2.05) is 48.5 Å². The van der Waals surface area contributed by atoms with Gasteiger partial charge in [0.2, 0.25) is 11.8 Å². The Balaban J connectivity index is 1.64. The lowest BCUT2D eigenvalue weighted by molar-refractivity contribution is -0.120. The van der Waals surface area contributed by atoms with Crippen LogP contribution in [0.25, 0.3) is 33.7 Å². The van der Waals surface area contributed by atoms with Crippen molar-refractivity contribution >= 4 is 16.8 Å². The van der Waals surface area contributed by atoms with Gasteiger partial charge in [-0.1, -0.05) is 24.3 Å². The molecule has 0 unspecified atom stereocenters. The van der Waals surface area contributed by atoms with Crippen molar-refractivity contribution in [1.82, 2.24) is 15.3 Å². The number of hydrogen-bond donors (Lipinski definition) is 1. The first-order valence-corrected chi connectivity index (χ1v) is 9.26. The van der Waals surface area contributed by atoms with Gasteiger partial charge in [-0.3, -0.25) is 4.79 Å². The molecule has 0 bridgehead atoms. The van der Waals surface area contributed by atoms with Crippen LogP contribution in [-0.2, 0) is 11.2 Å². The van der Waals surface area contributed by atoms with Crippen molar-refractivity contribution in [3.63, 3.8) is 0 Å². The number of aromatic nitrogens is 2. The predicted octanol–water partition coefficient (Wildman–Crippen LogP) is 4.54. The number of hydrogen-bond acceptors (Lipinski definition) is 4. The minimum atomic E-state index is 0.0468. The summed E-state index contributed by atoms with van der Waals surface area (Å²) in [5.74, 6) is 0.630. The number of carbonyl (C=O) groups excluding carboxylic acids is 1. The fourth-order valence-electron chi connectivity index (χ4n) is 3.22. The highest BCUT2D eigenvalue weighted by Gasteiger charge is 2.12. The SMILES string of the molecule is CNC(=O)CCc1ccc2nc(-c3coc(-c4ccccc4)n3)cc(C)c2c1. The summed E-state index contributed by atoms with van der Waals surface area (Å²) in [6.07, 6.45) is 2.84. The predicted molar refractivity (Wildman–Crippen MR) is 110 cm³/mol. The average molecular weight is 371 g/mol. The van der Waals surface area contributed by atoms with Crippen LogP contribution in [0, 0.1) is 6.92 Å². The Morgan fingerprint density at radius 1 is 1.04 bits per heavy atom. The van der Waals surface area contributed by atoms with E-state index >= 15 is 0 Å². The van der Waals surface area contributed by atoms with Crippen molar-refractivity contribution in [3.8, 4) is 22.8 Å². The van der Waals surface area contributed by atoms with Crippen LogP contribution in [-0.4, -0.2) is 22.9 Å². The Morgan fingerprint density at radius 3 is 2.64 bits per heavy atom. The molecule has 5 nitrogen and oxygen atoms in total. The van der Waals surface area contributed by atoms with Gasteiger partial charge in [-0.05, 0) is 54.8 Å². The molecule has 5 heteroatoms. The van der Waals surface area contributed by atoms with Crippen LogP contribution in [0.4, 0.5) is 0 Å². The maximum Gasteiger partial charge on any atom is 0.226 e. The molecule has 2 heterocycles. The second-order valence-electron chi connectivity index (χ2n) is 6.75.